The van der Waals surface area contributed by atoms with E-state index in [0.717, 1.165) is 18.2 Å². The Kier molecular flexibility index (Phi) is 4.03. The number of benzene rings is 2. The van der Waals surface area contributed by atoms with E-state index in [0.29, 0.717) is 0 Å². The van der Waals surface area contributed by atoms with Crippen LogP contribution in [0, 0.1) is 5.82 Å². The summed E-state index contributed by atoms with van der Waals surface area (Å²) in [7, 11) is -3.35. The fourth-order valence-corrected chi connectivity index (χ4v) is 4.48. The van der Waals surface area contributed by atoms with Crippen LogP contribution in [-0.2, 0) is 16.3 Å². The zero-order valence-electron chi connectivity index (χ0n) is 12.1. The van der Waals surface area contributed by atoms with E-state index in [-0.39, 0.29) is 27.3 Å². The second-order valence-corrected chi connectivity index (χ2v) is 7.94. The lowest BCUT2D eigenvalue weighted by Crippen LogP contribution is -2.24. The van der Waals surface area contributed by atoms with Crippen molar-refractivity contribution in [2.45, 2.75) is 16.6 Å². The van der Waals surface area contributed by atoms with Gasteiger partial charge in [0.25, 0.3) is 0 Å². The number of rotatable bonds is 3. The first-order valence-electron chi connectivity index (χ1n) is 6.62. The van der Waals surface area contributed by atoms with Crippen molar-refractivity contribution < 1.29 is 31.1 Å². The number of fused-ring (bicyclic) bond motifs is 1. The highest BCUT2D eigenvalue weighted by Gasteiger charge is 2.54. The van der Waals surface area contributed by atoms with Gasteiger partial charge in [-0.25, -0.2) is 12.8 Å². The SMILES string of the molecule is COc1cc(F)cc(Oc2ccc3c(c2Br)CC(F)(F)S3(=O)=O)c1. The van der Waals surface area contributed by atoms with Crippen molar-refractivity contribution in [3.63, 3.8) is 0 Å². The smallest absolute Gasteiger partial charge is 0.354 e. The van der Waals surface area contributed by atoms with Gasteiger partial charge in [-0.15, -0.1) is 0 Å². The van der Waals surface area contributed by atoms with Gasteiger partial charge in [-0.3, -0.25) is 0 Å². The van der Waals surface area contributed by atoms with Crippen LogP contribution in [-0.4, -0.2) is 20.8 Å². The van der Waals surface area contributed by atoms with Crippen LogP contribution in [0.4, 0.5) is 13.2 Å². The minimum atomic E-state index is -4.71. The topological polar surface area (TPSA) is 52.6 Å². The lowest BCUT2D eigenvalue weighted by Gasteiger charge is -2.11. The zero-order chi connectivity index (χ0) is 17.7. The van der Waals surface area contributed by atoms with Gasteiger partial charge in [0.1, 0.15) is 23.1 Å². The first kappa shape index (κ1) is 17.1. The van der Waals surface area contributed by atoms with Crippen molar-refractivity contribution in [2.75, 3.05) is 7.11 Å². The average molecular weight is 423 g/mol. The quantitative estimate of drug-likeness (QED) is 0.739. The fourth-order valence-electron chi connectivity index (χ4n) is 2.38. The predicted molar refractivity (Wildman–Crippen MR) is 83.0 cm³/mol. The van der Waals surface area contributed by atoms with Crippen molar-refractivity contribution >= 4 is 25.8 Å². The number of halogens is 4. The molecule has 128 valence electrons. The van der Waals surface area contributed by atoms with E-state index >= 15 is 0 Å². The standard InChI is InChI=1S/C15H10BrF3O4S/c1-22-9-4-8(17)5-10(6-9)23-12-2-3-13-11(14(12)16)7-15(18,19)24(13,20)21/h2-6H,7H2,1H3. The highest BCUT2D eigenvalue weighted by atomic mass is 79.9. The van der Waals surface area contributed by atoms with Crippen LogP contribution in [0.15, 0.2) is 39.7 Å². The first-order valence-corrected chi connectivity index (χ1v) is 8.89. The van der Waals surface area contributed by atoms with Crippen molar-refractivity contribution in [1.82, 2.24) is 0 Å². The van der Waals surface area contributed by atoms with E-state index in [4.69, 9.17) is 9.47 Å². The second kappa shape index (κ2) is 5.66. The monoisotopic (exact) mass is 422 g/mol. The van der Waals surface area contributed by atoms with Crippen LogP contribution in [0.3, 0.4) is 0 Å². The number of hydrogen-bond donors (Lipinski definition) is 0. The van der Waals surface area contributed by atoms with E-state index in [1.165, 1.54) is 19.2 Å². The number of ether oxygens (including phenoxy) is 2. The molecule has 0 aliphatic carbocycles. The summed E-state index contributed by atoms with van der Waals surface area (Å²) in [4.78, 5) is -0.441. The summed E-state index contributed by atoms with van der Waals surface area (Å²) in [6.45, 7) is 0. The van der Waals surface area contributed by atoms with Gasteiger partial charge in [0.15, 0.2) is 0 Å². The summed E-state index contributed by atoms with van der Waals surface area (Å²) in [5, 5.41) is -3.86. The Hall–Kier alpha value is -1.74. The van der Waals surface area contributed by atoms with Gasteiger partial charge in [0, 0.05) is 18.2 Å². The minimum absolute atomic E-state index is 0.0686. The summed E-state index contributed by atoms with van der Waals surface area (Å²) in [6.07, 6.45) is -0.949. The molecule has 1 aliphatic heterocycles. The minimum Gasteiger partial charge on any atom is -0.497 e. The molecule has 24 heavy (non-hydrogen) atoms. The van der Waals surface area contributed by atoms with Crippen LogP contribution in [0.25, 0.3) is 0 Å². The Morgan fingerprint density at radius 1 is 1.17 bits per heavy atom. The van der Waals surface area contributed by atoms with Crippen molar-refractivity contribution in [1.29, 1.82) is 0 Å². The van der Waals surface area contributed by atoms with E-state index in [1.54, 1.807) is 0 Å². The maximum atomic E-state index is 13.7. The predicted octanol–water partition coefficient (Wildman–Crippen LogP) is 4.31. The first-order chi connectivity index (χ1) is 11.2. The third-order valence-corrected chi connectivity index (χ3v) is 6.30. The molecule has 0 saturated heterocycles. The third-order valence-electron chi connectivity index (χ3n) is 3.54. The van der Waals surface area contributed by atoms with Gasteiger partial charge < -0.3 is 9.47 Å². The zero-order valence-corrected chi connectivity index (χ0v) is 14.5. The molecular formula is C15H10BrF3O4S. The Labute approximate surface area is 144 Å². The van der Waals surface area contributed by atoms with E-state index in [1.807, 2.05) is 0 Å². The number of hydrogen-bond acceptors (Lipinski definition) is 4. The molecular weight excluding hydrogens is 413 g/mol. The molecule has 1 heterocycles. The van der Waals surface area contributed by atoms with Gasteiger partial charge in [-0.1, -0.05) is 0 Å². The molecule has 0 atom stereocenters. The molecule has 0 spiro atoms. The summed E-state index contributed by atoms with van der Waals surface area (Å²) >= 11 is 3.10. The molecule has 0 fully saturated rings. The maximum Gasteiger partial charge on any atom is 0.354 e. The maximum absolute atomic E-state index is 13.7. The number of sulfone groups is 1. The van der Waals surface area contributed by atoms with Crippen molar-refractivity contribution in [3.8, 4) is 17.2 Å². The van der Waals surface area contributed by atoms with E-state index in [9.17, 15) is 21.6 Å². The normalized spacial score (nSPS) is 17.4. The fraction of sp³-hybridized carbons (Fsp3) is 0.200. The van der Waals surface area contributed by atoms with Crippen LogP contribution < -0.4 is 9.47 Å². The Morgan fingerprint density at radius 3 is 2.50 bits per heavy atom. The lowest BCUT2D eigenvalue weighted by molar-refractivity contribution is 0.0981. The summed E-state index contributed by atoms with van der Waals surface area (Å²) in [6, 6.07) is 5.95. The van der Waals surface area contributed by atoms with E-state index < -0.39 is 32.2 Å². The molecule has 0 saturated carbocycles. The van der Waals surface area contributed by atoms with E-state index in [2.05, 4.69) is 15.9 Å². The Morgan fingerprint density at radius 2 is 1.83 bits per heavy atom. The number of alkyl halides is 2. The van der Waals surface area contributed by atoms with Crippen LogP contribution in [0.1, 0.15) is 5.56 Å². The largest absolute Gasteiger partial charge is 0.497 e. The summed E-state index contributed by atoms with van der Waals surface area (Å²) in [5.74, 6) is -0.207. The second-order valence-electron chi connectivity index (χ2n) is 5.10. The molecule has 0 aromatic heterocycles. The van der Waals surface area contributed by atoms with Crippen LogP contribution >= 0.6 is 15.9 Å². The molecule has 0 amide bonds. The van der Waals surface area contributed by atoms with Gasteiger partial charge in [0.05, 0.1) is 22.9 Å². The van der Waals surface area contributed by atoms with Gasteiger partial charge in [-0.2, -0.15) is 8.78 Å². The number of methoxy groups -OCH3 is 1. The molecule has 0 radical (unpaired) electrons. The molecule has 0 N–H and O–H groups in total. The molecule has 0 bridgehead atoms. The van der Waals surface area contributed by atoms with Crippen LogP contribution in [0.2, 0.25) is 0 Å². The van der Waals surface area contributed by atoms with Gasteiger partial charge in [0.2, 0.25) is 9.84 Å². The lowest BCUT2D eigenvalue weighted by atomic mass is 10.1. The molecule has 3 rings (SSSR count). The van der Waals surface area contributed by atoms with Gasteiger partial charge >= 0.3 is 5.25 Å². The molecule has 0 unspecified atom stereocenters. The summed E-state index contributed by atoms with van der Waals surface area (Å²) in [5.41, 5.74) is -0.0686. The van der Waals surface area contributed by atoms with Gasteiger partial charge in [-0.05, 0) is 33.6 Å². The molecule has 4 nitrogen and oxygen atoms in total. The average Bonchev–Trinajstić information content (AvgIpc) is 2.68. The highest BCUT2D eigenvalue weighted by molar-refractivity contribution is 9.10. The van der Waals surface area contributed by atoms with Crippen molar-refractivity contribution in [3.05, 3.63) is 46.2 Å². The Balaban J connectivity index is 2.03. The molecule has 1 aliphatic rings. The summed E-state index contributed by atoms with van der Waals surface area (Å²) < 4.78 is 74.9. The molecule has 2 aromatic rings. The molecule has 2 aromatic carbocycles. The Bertz CT molecular complexity index is 929. The third kappa shape index (κ3) is 2.65. The highest BCUT2D eigenvalue weighted by Crippen LogP contribution is 2.47. The van der Waals surface area contributed by atoms with Crippen LogP contribution in [0.5, 0.6) is 17.2 Å². The van der Waals surface area contributed by atoms with Crippen molar-refractivity contribution in [2.24, 2.45) is 0 Å². The molecule has 9 heteroatoms.